The summed E-state index contributed by atoms with van der Waals surface area (Å²) < 4.78 is 0. The summed E-state index contributed by atoms with van der Waals surface area (Å²) in [5.74, 6) is 0. The minimum atomic E-state index is -0.0381. The first-order chi connectivity index (χ1) is 7.72. The van der Waals surface area contributed by atoms with E-state index in [1.165, 1.54) is 0 Å². The molecule has 0 radical (unpaired) electrons. The Morgan fingerprint density at radius 1 is 1.06 bits per heavy atom. The lowest BCUT2D eigenvalue weighted by Crippen LogP contribution is -1.88. The van der Waals surface area contributed by atoms with Crippen LogP contribution in [0.4, 0.5) is 0 Å². The fourth-order valence-corrected chi connectivity index (χ4v) is 1.35. The lowest BCUT2D eigenvalue weighted by Gasteiger charge is -2.03. The molecule has 1 aromatic carbocycles. The van der Waals surface area contributed by atoms with Crippen molar-refractivity contribution in [3.05, 3.63) is 40.4 Å². The number of hydrogen-bond acceptors (Lipinski definition) is 3. The van der Waals surface area contributed by atoms with Crippen LogP contribution in [0.15, 0.2) is 29.8 Å². The molecule has 0 aliphatic heterocycles. The molecule has 0 amide bonds. The Morgan fingerprint density at radius 2 is 1.62 bits per heavy atom. The highest BCUT2D eigenvalue weighted by molar-refractivity contribution is 6.30. The Hall–Kier alpha value is -2.28. The van der Waals surface area contributed by atoms with E-state index in [9.17, 15) is 0 Å². The number of hydrogen-bond donors (Lipinski definition) is 0. The topological polar surface area (TPSA) is 71.4 Å². The smallest absolute Gasteiger partial charge is 0.134 e. The highest BCUT2D eigenvalue weighted by atomic mass is 35.5. The predicted octanol–water partition coefficient (Wildman–Crippen LogP) is 3.05. The second-order valence-electron chi connectivity index (χ2n) is 2.92. The number of rotatable bonds is 2. The Morgan fingerprint density at radius 3 is 2.06 bits per heavy atom. The average Bonchev–Trinajstić information content (AvgIpc) is 2.31. The van der Waals surface area contributed by atoms with Crippen LogP contribution in [0.25, 0.3) is 5.57 Å². The third-order valence-electron chi connectivity index (χ3n) is 1.97. The molecule has 4 heteroatoms. The monoisotopic (exact) mass is 227 g/mol. The summed E-state index contributed by atoms with van der Waals surface area (Å²) in [5.41, 5.74) is 1.07. The molecule has 0 aromatic heterocycles. The summed E-state index contributed by atoms with van der Waals surface area (Å²) in [6.07, 6.45) is 0.0259. The van der Waals surface area contributed by atoms with Crippen LogP contribution >= 0.6 is 11.6 Å². The van der Waals surface area contributed by atoms with Crippen LogP contribution in [0.5, 0.6) is 0 Å². The molecule has 0 spiro atoms. The van der Waals surface area contributed by atoms with Gasteiger partial charge in [-0.3, -0.25) is 0 Å². The van der Waals surface area contributed by atoms with E-state index in [0.29, 0.717) is 16.2 Å². The number of allylic oxidation sites excluding steroid dienone is 2. The normalized spacial score (nSPS) is 8.38. The molecule has 3 nitrogen and oxygen atoms in total. The average molecular weight is 228 g/mol. The fraction of sp³-hybridized carbons (Fsp3) is 0.0833. The molecular formula is C12H6ClN3. The van der Waals surface area contributed by atoms with E-state index in [1.807, 2.05) is 6.07 Å². The fourth-order valence-electron chi connectivity index (χ4n) is 1.22. The molecular weight excluding hydrogens is 222 g/mol. The van der Waals surface area contributed by atoms with Crippen LogP contribution in [-0.4, -0.2) is 0 Å². The summed E-state index contributed by atoms with van der Waals surface area (Å²) in [4.78, 5) is 0. The van der Waals surface area contributed by atoms with Gasteiger partial charge in [0, 0.05) is 10.6 Å². The zero-order valence-corrected chi connectivity index (χ0v) is 8.99. The summed E-state index contributed by atoms with van der Waals surface area (Å²) in [5, 5.41) is 26.8. The van der Waals surface area contributed by atoms with Crippen molar-refractivity contribution in [3.63, 3.8) is 0 Å². The minimum absolute atomic E-state index is 0.0259. The van der Waals surface area contributed by atoms with Gasteiger partial charge < -0.3 is 0 Å². The first-order valence-corrected chi connectivity index (χ1v) is 4.77. The van der Waals surface area contributed by atoms with Gasteiger partial charge in [-0.1, -0.05) is 23.7 Å². The van der Waals surface area contributed by atoms with E-state index in [4.69, 9.17) is 27.4 Å². The molecule has 0 saturated heterocycles. The van der Waals surface area contributed by atoms with Gasteiger partial charge in [0.25, 0.3) is 0 Å². The molecule has 0 aliphatic rings. The first kappa shape index (κ1) is 11.8. The lowest BCUT2D eigenvalue weighted by atomic mass is 9.99. The molecule has 76 valence electrons. The van der Waals surface area contributed by atoms with Crippen LogP contribution in [0.3, 0.4) is 0 Å². The molecule has 0 fully saturated rings. The summed E-state index contributed by atoms with van der Waals surface area (Å²) >= 11 is 5.73. The molecule has 0 N–H and O–H groups in total. The molecule has 1 rings (SSSR count). The van der Waals surface area contributed by atoms with Crippen molar-refractivity contribution >= 4 is 17.2 Å². The highest BCUT2D eigenvalue weighted by Gasteiger charge is 2.08. The number of nitriles is 3. The SMILES string of the molecule is N#CCC(=C(C#N)C#N)c1ccc(Cl)cc1. The highest BCUT2D eigenvalue weighted by Crippen LogP contribution is 2.23. The summed E-state index contributed by atoms with van der Waals surface area (Å²) in [6.45, 7) is 0. The first-order valence-electron chi connectivity index (χ1n) is 4.39. The summed E-state index contributed by atoms with van der Waals surface area (Å²) in [7, 11) is 0. The zero-order chi connectivity index (χ0) is 12.0. The van der Waals surface area contributed by atoms with Gasteiger partial charge in [-0.25, -0.2) is 0 Å². The second kappa shape index (κ2) is 5.56. The van der Waals surface area contributed by atoms with E-state index >= 15 is 0 Å². The van der Waals surface area contributed by atoms with Crippen molar-refractivity contribution in [1.82, 2.24) is 0 Å². The third kappa shape index (κ3) is 2.61. The third-order valence-corrected chi connectivity index (χ3v) is 2.23. The Bertz CT molecular complexity index is 520. The van der Waals surface area contributed by atoms with E-state index in [0.717, 1.165) is 0 Å². The molecule has 16 heavy (non-hydrogen) atoms. The number of halogens is 1. The van der Waals surface area contributed by atoms with Crippen molar-refractivity contribution in [1.29, 1.82) is 15.8 Å². The molecule has 0 bridgehead atoms. The van der Waals surface area contributed by atoms with E-state index < -0.39 is 0 Å². The predicted molar refractivity (Wildman–Crippen MR) is 59.8 cm³/mol. The van der Waals surface area contributed by atoms with E-state index in [-0.39, 0.29) is 12.0 Å². The Balaban J connectivity index is 3.31. The van der Waals surface area contributed by atoms with Gasteiger partial charge in [0.05, 0.1) is 12.5 Å². The van der Waals surface area contributed by atoms with Gasteiger partial charge in [0.2, 0.25) is 0 Å². The maximum Gasteiger partial charge on any atom is 0.134 e. The number of benzene rings is 1. The van der Waals surface area contributed by atoms with Crippen LogP contribution in [0, 0.1) is 34.0 Å². The van der Waals surface area contributed by atoms with E-state index in [1.54, 1.807) is 36.4 Å². The maximum atomic E-state index is 8.77. The van der Waals surface area contributed by atoms with Crippen molar-refractivity contribution in [2.24, 2.45) is 0 Å². The largest absolute Gasteiger partial charge is 0.198 e. The standard InChI is InChI=1S/C12H6ClN3/c13-11-3-1-9(2-4-11)12(5-6-14)10(7-15)8-16/h1-4H,5H2. The Kier molecular flexibility index (Phi) is 4.10. The van der Waals surface area contributed by atoms with Gasteiger partial charge in [0.15, 0.2) is 0 Å². The van der Waals surface area contributed by atoms with Gasteiger partial charge in [-0.05, 0) is 17.7 Å². The maximum absolute atomic E-state index is 8.77. The molecule has 0 heterocycles. The van der Waals surface area contributed by atoms with Crippen molar-refractivity contribution in [2.45, 2.75) is 6.42 Å². The molecule has 0 saturated carbocycles. The van der Waals surface area contributed by atoms with Crippen LogP contribution in [0.2, 0.25) is 5.02 Å². The van der Waals surface area contributed by atoms with Gasteiger partial charge in [-0.15, -0.1) is 0 Å². The van der Waals surface area contributed by atoms with Gasteiger partial charge in [-0.2, -0.15) is 15.8 Å². The second-order valence-corrected chi connectivity index (χ2v) is 3.36. The summed E-state index contributed by atoms with van der Waals surface area (Å²) in [6, 6.07) is 12.2. The molecule has 1 aromatic rings. The molecule has 0 unspecified atom stereocenters. The van der Waals surface area contributed by atoms with Crippen LogP contribution < -0.4 is 0 Å². The Labute approximate surface area is 98.4 Å². The number of nitrogens with zero attached hydrogens (tertiary/aromatic N) is 3. The zero-order valence-electron chi connectivity index (χ0n) is 8.24. The van der Waals surface area contributed by atoms with Gasteiger partial charge in [0.1, 0.15) is 17.7 Å². The van der Waals surface area contributed by atoms with Gasteiger partial charge >= 0.3 is 0 Å². The van der Waals surface area contributed by atoms with Crippen molar-refractivity contribution < 1.29 is 0 Å². The van der Waals surface area contributed by atoms with E-state index in [2.05, 4.69) is 0 Å². The van der Waals surface area contributed by atoms with Crippen LogP contribution in [0.1, 0.15) is 12.0 Å². The molecule has 0 atom stereocenters. The lowest BCUT2D eigenvalue weighted by molar-refractivity contribution is 1.33. The minimum Gasteiger partial charge on any atom is -0.198 e. The molecule has 0 aliphatic carbocycles. The van der Waals surface area contributed by atoms with Crippen molar-refractivity contribution in [2.75, 3.05) is 0 Å². The van der Waals surface area contributed by atoms with Crippen LogP contribution in [-0.2, 0) is 0 Å². The van der Waals surface area contributed by atoms with Crippen molar-refractivity contribution in [3.8, 4) is 18.2 Å². The quantitative estimate of drug-likeness (QED) is 0.729.